The second-order valence-corrected chi connectivity index (χ2v) is 7.24. The number of carbonyl (C=O) groups is 2. The molecule has 2 heterocycles. The van der Waals surface area contributed by atoms with Crippen molar-refractivity contribution in [1.82, 2.24) is 0 Å². The van der Waals surface area contributed by atoms with E-state index in [9.17, 15) is 23.5 Å². The van der Waals surface area contributed by atoms with Gasteiger partial charge in [0.1, 0.15) is 16.5 Å². The zero-order chi connectivity index (χ0) is 19.1. The van der Waals surface area contributed by atoms with Crippen LogP contribution in [0.4, 0.5) is 14.5 Å². The Hall–Kier alpha value is -3.06. The molecule has 4 nitrogen and oxygen atoms in total. The molecule has 1 aliphatic heterocycles. The van der Waals surface area contributed by atoms with Crippen molar-refractivity contribution in [1.29, 1.82) is 0 Å². The highest BCUT2D eigenvalue weighted by atomic mass is 32.1. The van der Waals surface area contributed by atoms with Gasteiger partial charge in [0.2, 0.25) is 5.91 Å². The van der Waals surface area contributed by atoms with Crippen molar-refractivity contribution < 1.29 is 23.5 Å². The van der Waals surface area contributed by atoms with Gasteiger partial charge in [-0.15, -0.1) is 11.3 Å². The van der Waals surface area contributed by atoms with E-state index in [2.05, 4.69) is 5.32 Å². The highest BCUT2D eigenvalue weighted by Crippen LogP contribution is 2.49. The molecule has 0 saturated heterocycles. The Morgan fingerprint density at radius 1 is 1.15 bits per heavy atom. The maximum absolute atomic E-state index is 14.4. The minimum Gasteiger partial charge on any atom is -0.477 e. The second kappa shape index (κ2) is 6.59. The number of hydrogen-bond acceptors (Lipinski definition) is 3. The standard InChI is InChI=1S/C20H13F2NO3S/c21-11-6-7-12(14(22)8-11)13-9-15(24)23-17-16(10-4-2-1-3-5-10)19(20(25)26)27-18(13)17/h1-8,13H,9H2,(H,23,24)(H,25,26)/t13-/m1/s1. The molecule has 2 aromatic carbocycles. The molecule has 0 radical (unpaired) electrons. The van der Waals surface area contributed by atoms with Crippen LogP contribution in [0.15, 0.2) is 48.5 Å². The predicted molar refractivity (Wildman–Crippen MR) is 98.2 cm³/mol. The molecule has 0 fully saturated rings. The highest BCUT2D eigenvalue weighted by Gasteiger charge is 2.35. The zero-order valence-electron chi connectivity index (χ0n) is 13.8. The van der Waals surface area contributed by atoms with E-state index in [1.165, 1.54) is 6.07 Å². The minimum absolute atomic E-state index is 0.0383. The normalized spacial score (nSPS) is 15.9. The number of carboxylic acid groups (broad SMARTS) is 1. The first kappa shape index (κ1) is 17.4. The average molecular weight is 385 g/mol. The molecule has 4 rings (SSSR count). The fourth-order valence-electron chi connectivity index (χ4n) is 3.35. The number of fused-ring (bicyclic) bond motifs is 1. The molecular formula is C20H13F2NO3S. The fraction of sp³-hybridized carbons (Fsp3) is 0.100. The first-order chi connectivity index (χ1) is 13.0. The third-order valence-corrected chi connectivity index (χ3v) is 5.79. The summed E-state index contributed by atoms with van der Waals surface area (Å²) in [6.07, 6.45) is -0.0383. The van der Waals surface area contributed by atoms with Crippen LogP contribution in [0.2, 0.25) is 0 Å². The Labute approximate surface area is 157 Å². The first-order valence-electron chi connectivity index (χ1n) is 8.16. The zero-order valence-corrected chi connectivity index (χ0v) is 14.6. The Balaban J connectivity index is 1.95. The maximum atomic E-state index is 14.4. The van der Waals surface area contributed by atoms with E-state index in [1.807, 2.05) is 0 Å². The largest absolute Gasteiger partial charge is 0.477 e. The number of carboxylic acids is 1. The van der Waals surface area contributed by atoms with E-state index in [0.717, 1.165) is 23.5 Å². The molecule has 0 saturated carbocycles. The van der Waals surface area contributed by atoms with Gasteiger partial charge in [-0.05, 0) is 17.2 Å². The van der Waals surface area contributed by atoms with Crippen molar-refractivity contribution in [2.24, 2.45) is 0 Å². The molecular weight excluding hydrogens is 372 g/mol. The van der Waals surface area contributed by atoms with Gasteiger partial charge in [-0.1, -0.05) is 36.4 Å². The van der Waals surface area contributed by atoms with Crippen LogP contribution >= 0.6 is 11.3 Å². The summed E-state index contributed by atoms with van der Waals surface area (Å²) >= 11 is 1.01. The molecule has 1 amide bonds. The maximum Gasteiger partial charge on any atom is 0.346 e. The Bertz CT molecular complexity index is 1060. The average Bonchev–Trinajstić information content (AvgIpc) is 3.01. The number of hydrogen-bond donors (Lipinski definition) is 2. The van der Waals surface area contributed by atoms with Crippen molar-refractivity contribution in [3.8, 4) is 11.1 Å². The molecule has 27 heavy (non-hydrogen) atoms. The number of thiophene rings is 1. The lowest BCUT2D eigenvalue weighted by molar-refractivity contribution is -0.116. The second-order valence-electron chi connectivity index (χ2n) is 6.19. The van der Waals surface area contributed by atoms with Gasteiger partial charge in [0, 0.05) is 28.8 Å². The molecule has 1 atom stereocenters. The summed E-state index contributed by atoms with van der Waals surface area (Å²) in [5, 5.41) is 12.4. The molecule has 7 heteroatoms. The number of halogens is 2. The van der Waals surface area contributed by atoms with Gasteiger partial charge >= 0.3 is 5.97 Å². The van der Waals surface area contributed by atoms with Crippen LogP contribution in [0.1, 0.15) is 32.5 Å². The van der Waals surface area contributed by atoms with Crippen molar-refractivity contribution in [2.75, 3.05) is 5.32 Å². The van der Waals surface area contributed by atoms with Crippen LogP contribution in [0.25, 0.3) is 11.1 Å². The Kier molecular flexibility index (Phi) is 4.24. The van der Waals surface area contributed by atoms with Gasteiger partial charge in [-0.25, -0.2) is 13.6 Å². The third-order valence-electron chi connectivity index (χ3n) is 4.50. The van der Waals surface area contributed by atoms with Crippen LogP contribution in [0.5, 0.6) is 0 Å². The van der Waals surface area contributed by atoms with Gasteiger partial charge in [-0.2, -0.15) is 0 Å². The molecule has 2 N–H and O–H groups in total. The van der Waals surface area contributed by atoms with E-state index in [0.29, 0.717) is 21.7 Å². The number of anilines is 1. The van der Waals surface area contributed by atoms with Crippen LogP contribution in [0.3, 0.4) is 0 Å². The van der Waals surface area contributed by atoms with E-state index in [4.69, 9.17) is 0 Å². The lowest BCUT2D eigenvalue weighted by Gasteiger charge is -2.24. The van der Waals surface area contributed by atoms with E-state index < -0.39 is 23.5 Å². The number of aromatic carboxylic acids is 1. The SMILES string of the molecule is O=C1C[C@H](c2ccc(F)cc2F)c2sc(C(=O)O)c(-c3ccccc3)c2N1. The summed E-state index contributed by atoms with van der Waals surface area (Å²) in [7, 11) is 0. The smallest absolute Gasteiger partial charge is 0.346 e. The van der Waals surface area contributed by atoms with Gasteiger partial charge in [-0.3, -0.25) is 4.79 Å². The summed E-state index contributed by atoms with van der Waals surface area (Å²) in [5.41, 5.74) is 1.61. The molecule has 0 spiro atoms. The summed E-state index contributed by atoms with van der Waals surface area (Å²) in [6.45, 7) is 0. The van der Waals surface area contributed by atoms with Gasteiger partial charge < -0.3 is 10.4 Å². The van der Waals surface area contributed by atoms with Crippen molar-refractivity contribution in [2.45, 2.75) is 12.3 Å². The quantitative estimate of drug-likeness (QED) is 0.676. The molecule has 1 aliphatic rings. The van der Waals surface area contributed by atoms with Crippen molar-refractivity contribution in [3.05, 3.63) is 75.5 Å². The molecule has 3 aromatic rings. The van der Waals surface area contributed by atoms with Crippen molar-refractivity contribution in [3.63, 3.8) is 0 Å². The lowest BCUT2D eigenvalue weighted by atomic mass is 9.88. The number of carbonyl (C=O) groups excluding carboxylic acids is 1. The minimum atomic E-state index is -1.12. The fourth-order valence-corrected chi connectivity index (χ4v) is 4.59. The molecule has 136 valence electrons. The van der Waals surface area contributed by atoms with Crippen molar-refractivity contribution >= 4 is 28.9 Å². The van der Waals surface area contributed by atoms with Gasteiger partial charge in [0.25, 0.3) is 0 Å². The number of benzene rings is 2. The van der Waals surface area contributed by atoms with Crippen LogP contribution in [-0.4, -0.2) is 17.0 Å². The third kappa shape index (κ3) is 3.00. The van der Waals surface area contributed by atoms with Gasteiger partial charge in [0.15, 0.2) is 0 Å². The number of rotatable bonds is 3. The molecule has 1 aromatic heterocycles. The predicted octanol–water partition coefficient (Wildman–Crippen LogP) is 4.87. The van der Waals surface area contributed by atoms with E-state index in [1.54, 1.807) is 30.3 Å². The monoisotopic (exact) mass is 385 g/mol. The first-order valence-corrected chi connectivity index (χ1v) is 8.97. The summed E-state index contributed by atoms with van der Waals surface area (Å²) in [4.78, 5) is 24.7. The Morgan fingerprint density at radius 3 is 2.56 bits per heavy atom. The van der Waals surface area contributed by atoms with E-state index >= 15 is 0 Å². The van der Waals surface area contributed by atoms with Gasteiger partial charge in [0.05, 0.1) is 5.69 Å². The van der Waals surface area contributed by atoms with Crippen LogP contribution < -0.4 is 5.32 Å². The van der Waals surface area contributed by atoms with E-state index in [-0.39, 0.29) is 22.8 Å². The summed E-state index contributed by atoms with van der Waals surface area (Å²) in [5.74, 6) is -3.61. The topological polar surface area (TPSA) is 66.4 Å². The number of amides is 1. The van der Waals surface area contributed by atoms with Crippen LogP contribution in [-0.2, 0) is 4.79 Å². The van der Waals surface area contributed by atoms with Crippen LogP contribution in [0, 0.1) is 11.6 Å². The summed E-state index contributed by atoms with van der Waals surface area (Å²) < 4.78 is 27.6. The summed E-state index contributed by atoms with van der Waals surface area (Å²) in [6, 6.07) is 12.1. The highest BCUT2D eigenvalue weighted by molar-refractivity contribution is 7.15. The molecule has 0 bridgehead atoms. The Morgan fingerprint density at radius 2 is 1.89 bits per heavy atom. The number of nitrogens with one attached hydrogen (secondary N) is 1. The molecule has 0 unspecified atom stereocenters. The lowest BCUT2D eigenvalue weighted by Crippen LogP contribution is -2.23. The molecule has 0 aliphatic carbocycles.